The predicted octanol–water partition coefficient (Wildman–Crippen LogP) is 2.54. The van der Waals surface area contributed by atoms with Crippen molar-refractivity contribution in [2.24, 2.45) is 0 Å². The van der Waals surface area contributed by atoms with E-state index in [1.54, 1.807) is 13.0 Å². The van der Waals surface area contributed by atoms with Gasteiger partial charge in [0.1, 0.15) is 5.15 Å². The highest BCUT2D eigenvalue weighted by Crippen LogP contribution is 2.24. The Morgan fingerprint density at radius 2 is 2.35 bits per heavy atom. The first-order valence-corrected chi connectivity index (χ1v) is 7.34. The van der Waals surface area contributed by atoms with Crippen molar-refractivity contribution in [3.63, 3.8) is 0 Å². The van der Waals surface area contributed by atoms with Crippen LogP contribution in [0.4, 0.5) is 5.69 Å². The quantitative estimate of drug-likeness (QED) is 0.855. The number of nitrogens with one attached hydrogen (secondary N) is 1. The lowest BCUT2D eigenvalue weighted by atomic mass is 10.4. The van der Waals surface area contributed by atoms with Gasteiger partial charge in [0.25, 0.3) is 0 Å². The molecular formula is C9H9BrClN3O2S. The molecular weight excluding hydrogens is 330 g/mol. The number of anilines is 1. The predicted molar refractivity (Wildman–Crippen MR) is 69.2 cm³/mol. The number of aromatic nitrogens is 1. The Hall–Kier alpha value is -0.840. The maximum atomic E-state index is 11.7. The van der Waals surface area contributed by atoms with E-state index in [2.05, 4.69) is 25.6 Å². The zero-order valence-corrected chi connectivity index (χ0v) is 12.0. The number of sulfonamides is 1. The van der Waals surface area contributed by atoms with Crippen LogP contribution in [0.15, 0.2) is 16.7 Å². The lowest BCUT2D eigenvalue weighted by Gasteiger charge is -2.11. The third-order valence-electron chi connectivity index (χ3n) is 1.95. The minimum absolute atomic E-state index is 0.216. The van der Waals surface area contributed by atoms with Gasteiger partial charge in [-0.2, -0.15) is 5.26 Å². The van der Waals surface area contributed by atoms with E-state index in [0.717, 1.165) is 0 Å². The number of pyridine rings is 1. The molecule has 17 heavy (non-hydrogen) atoms. The van der Waals surface area contributed by atoms with Crippen molar-refractivity contribution >= 4 is 43.2 Å². The molecule has 1 aromatic rings. The second-order valence-electron chi connectivity index (χ2n) is 3.17. The first-order valence-electron chi connectivity index (χ1n) is 4.63. The van der Waals surface area contributed by atoms with Crippen molar-refractivity contribution in [1.82, 2.24) is 4.98 Å². The Balaban J connectivity index is 2.99. The molecule has 0 saturated carbocycles. The molecule has 1 unspecified atom stereocenters. The number of nitriles is 1. The fraction of sp³-hybridized carbons (Fsp3) is 0.333. The van der Waals surface area contributed by atoms with Gasteiger partial charge >= 0.3 is 0 Å². The van der Waals surface area contributed by atoms with E-state index in [4.69, 9.17) is 16.9 Å². The summed E-state index contributed by atoms with van der Waals surface area (Å²) in [6.07, 6.45) is 1.50. The van der Waals surface area contributed by atoms with Gasteiger partial charge in [-0.25, -0.2) is 13.4 Å². The molecule has 0 radical (unpaired) electrons. The van der Waals surface area contributed by atoms with Crippen LogP contribution in [0.2, 0.25) is 5.15 Å². The van der Waals surface area contributed by atoms with Crippen LogP contribution in [0, 0.1) is 11.3 Å². The van der Waals surface area contributed by atoms with Crippen molar-refractivity contribution in [2.75, 3.05) is 4.72 Å². The minimum atomic E-state index is -3.72. The van der Waals surface area contributed by atoms with E-state index in [0.29, 0.717) is 4.47 Å². The fourth-order valence-electron chi connectivity index (χ4n) is 1.09. The average molecular weight is 339 g/mol. The van der Waals surface area contributed by atoms with Crippen LogP contribution in [-0.4, -0.2) is 18.7 Å². The highest BCUT2D eigenvalue weighted by Gasteiger charge is 2.23. The molecule has 0 aliphatic heterocycles. The van der Waals surface area contributed by atoms with Gasteiger partial charge in [0, 0.05) is 0 Å². The molecule has 5 nitrogen and oxygen atoms in total. The zero-order chi connectivity index (χ0) is 13.1. The van der Waals surface area contributed by atoms with E-state index >= 15 is 0 Å². The van der Waals surface area contributed by atoms with Crippen molar-refractivity contribution < 1.29 is 8.42 Å². The third kappa shape index (κ3) is 3.56. The molecule has 0 spiro atoms. The maximum absolute atomic E-state index is 11.7. The van der Waals surface area contributed by atoms with Crippen LogP contribution in [0.1, 0.15) is 13.3 Å². The third-order valence-corrected chi connectivity index (χ3v) is 4.79. The highest BCUT2D eigenvalue weighted by molar-refractivity contribution is 9.10. The van der Waals surface area contributed by atoms with E-state index < -0.39 is 15.3 Å². The van der Waals surface area contributed by atoms with Crippen LogP contribution < -0.4 is 4.72 Å². The van der Waals surface area contributed by atoms with Crippen LogP contribution in [0.25, 0.3) is 0 Å². The number of hydrogen-bond donors (Lipinski definition) is 1. The number of rotatable bonds is 4. The monoisotopic (exact) mass is 337 g/mol. The summed E-state index contributed by atoms with van der Waals surface area (Å²) in [6, 6.07) is 3.21. The molecule has 0 aliphatic rings. The molecule has 0 saturated heterocycles. The molecule has 0 fully saturated rings. The SMILES string of the molecule is CCC(C#N)S(=O)(=O)Nc1cnc(Cl)c(Br)c1. The number of nitrogens with zero attached hydrogens (tertiary/aromatic N) is 2. The van der Waals surface area contributed by atoms with Gasteiger partial charge in [-0.3, -0.25) is 4.72 Å². The van der Waals surface area contributed by atoms with Gasteiger partial charge in [-0.05, 0) is 28.4 Å². The second kappa shape index (κ2) is 5.67. The summed E-state index contributed by atoms with van der Waals surface area (Å²) in [5.41, 5.74) is 0.259. The zero-order valence-electron chi connectivity index (χ0n) is 8.81. The molecule has 1 heterocycles. The maximum Gasteiger partial charge on any atom is 0.249 e. The standard InChI is InChI=1S/C9H9BrClN3O2S/c1-2-7(4-12)17(15,16)14-6-3-8(10)9(11)13-5-6/h3,5,7,14H,2H2,1H3. The number of halogens is 2. The van der Waals surface area contributed by atoms with Crippen molar-refractivity contribution in [3.05, 3.63) is 21.9 Å². The van der Waals surface area contributed by atoms with E-state index in [-0.39, 0.29) is 17.3 Å². The lowest BCUT2D eigenvalue weighted by Crippen LogP contribution is -2.26. The van der Waals surface area contributed by atoms with Crippen molar-refractivity contribution in [1.29, 1.82) is 5.26 Å². The summed E-state index contributed by atoms with van der Waals surface area (Å²) in [5.74, 6) is 0. The molecule has 8 heteroatoms. The van der Waals surface area contributed by atoms with Crippen LogP contribution in [0.3, 0.4) is 0 Å². The lowest BCUT2D eigenvalue weighted by molar-refractivity contribution is 0.593. The topological polar surface area (TPSA) is 82.8 Å². The summed E-state index contributed by atoms with van der Waals surface area (Å²) in [7, 11) is -3.72. The summed E-state index contributed by atoms with van der Waals surface area (Å²) in [4.78, 5) is 3.78. The van der Waals surface area contributed by atoms with Crippen molar-refractivity contribution in [3.8, 4) is 6.07 Å². The molecule has 0 amide bonds. The molecule has 1 aromatic heterocycles. The first kappa shape index (κ1) is 14.2. The van der Waals surface area contributed by atoms with Crippen LogP contribution >= 0.6 is 27.5 Å². The molecule has 1 N–H and O–H groups in total. The summed E-state index contributed by atoms with van der Waals surface area (Å²) in [6.45, 7) is 1.63. The number of hydrogen-bond acceptors (Lipinski definition) is 4. The van der Waals surface area contributed by atoms with Crippen LogP contribution in [-0.2, 0) is 10.0 Å². The highest BCUT2D eigenvalue weighted by atomic mass is 79.9. The Morgan fingerprint density at radius 3 is 2.82 bits per heavy atom. The fourth-order valence-corrected chi connectivity index (χ4v) is 2.70. The van der Waals surface area contributed by atoms with Crippen LogP contribution in [0.5, 0.6) is 0 Å². The largest absolute Gasteiger partial charge is 0.281 e. The first-order chi connectivity index (χ1) is 7.90. The van der Waals surface area contributed by atoms with E-state index in [1.807, 2.05) is 0 Å². The molecule has 0 bridgehead atoms. The summed E-state index contributed by atoms with van der Waals surface area (Å²) < 4.78 is 26.3. The second-order valence-corrected chi connectivity index (χ2v) is 6.25. The van der Waals surface area contributed by atoms with Gasteiger partial charge in [0.05, 0.1) is 22.4 Å². The van der Waals surface area contributed by atoms with E-state index in [9.17, 15) is 8.42 Å². The molecule has 1 rings (SSSR count). The molecule has 1 atom stereocenters. The molecule has 0 aliphatic carbocycles. The van der Waals surface area contributed by atoms with Gasteiger partial charge in [0.2, 0.25) is 10.0 Å². The van der Waals surface area contributed by atoms with Crippen molar-refractivity contribution in [2.45, 2.75) is 18.6 Å². The minimum Gasteiger partial charge on any atom is -0.281 e. The smallest absolute Gasteiger partial charge is 0.249 e. The van der Waals surface area contributed by atoms with Gasteiger partial charge in [-0.1, -0.05) is 18.5 Å². The average Bonchev–Trinajstić information content (AvgIpc) is 2.24. The molecule has 0 aromatic carbocycles. The Morgan fingerprint density at radius 1 is 1.71 bits per heavy atom. The van der Waals surface area contributed by atoms with Gasteiger partial charge < -0.3 is 0 Å². The Bertz CT molecular complexity index is 556. The Kier molecular flexibility index (Phi) is 4.74. The van der Waals surface area contributed by atoms with Gasteiger partial charge in [-0.15, -0.1) is 0 Å². The summed E-state index contributed by atoms with van der Waals surface area (Å²) >= 11 is 8.81. The van der Waals surface area contributed by atoms with Gasteiger partial charge in [0.15, 0.2) is 5.25 Å². The molecule has 92 valence electrons. The van der Waals surface area contributed by atoms with E-state index in [1.165, 1.54) is 12.3 Å². The summed E-state index contributed by atoms with van der Waals surface area (Å²) in [5, 5.41) is 7.87. The Labute approximate surface area is 113 Å². The normalized spacial score (nSPS) is 12.8.